The molecule has 5 rings (SSSR count). The van der Waals surface area contributed by atoms with Gasteiger partial charge in [-0.2, -0.15) is 0 Å². The number of hydrogen-bond donors (Lipinski definition) is 0. The van der Waals surface area contributed by atoms with Crippen molar-refractivity contribution in [3.05, 3.63) is 118 Å². The zero-order valence-corrected chi connectivity index (χ0v) is 28.4. The van der Waals surface area contributed by atoms with Gasteiger partial charge in [-0.05, 0) is 103 Å². The Labute approximate surface area is 278 Å². The zero-order chi connectivity index (χ0) is 32.1. The van der Waals surface area contributed by atoms with Gasteiger partial charge in [0.25, 0.3) is 5.56 Å². The number of halogens is 2. The number of ether oxygens (including phenoxy) is 4. The minimum atomic E-state index is -0.717. The molecule has 2 heterocycles. The number of hydrogen-bond acceptors (Lipinski definition) is 8. The van der Waals surface area contributed by atoms with Gasteiger partial charge in [0.15, 0.2) is 16.3 Å². The topological polar surface area (TPSA) is 88.4 Å². The molecule has 3 aromatic carbocycles. The number of nitrogens with zero attached hydrogens (tertiary/aromatic N) is 2. The summed E-state index contributed by atoms with van der Waals surface area (Å²) in [6.07, 6.45) is 1.79. The van der Waals surface area contributed by atoms with Crippen LogP contribution in [0, 0.1) is 0 Å². The summed E-state index contributed by atoms with van der Waals surface area (Å²) in [5.41, 5.74) is 2.94. The lowest BCUT2D eigenvalue weighted by Crippen LogP contribution is -2.39. The fourth-order valence-corrected chi connectivity index (χ4v) is 6.86. The van der Waals surface area contributed by atoms with Crippen LogP contribution in [0.3, 0.4) is 0 Å². The molecular weight excluding hydrogens is 680 g/mol. The lowest BCUT2D eigenvalue weighted by Gasteiger charge is -2.24. The summed E-state index contributed by atoms with van der Waals surface area (Å²) in [5, 5.41) is 0.631. The Bertz CT molecular complexity index is 1930. The van der Waals surface area contributed by atoms with Crippen LogP contribution in [0.1, 0.15) is 50.4 Å². The second kappa shape index (κ2) is 14.5. The number of rotatable bonds is 11. The Hall–Kier alpha value is -3.86. The van der Waals surface area contributed by atoms with Gasteiger partial charge in [-0.1, -0.05) is 47.2 Å². The fourth-order valence-electron chi connectivity index (χ4n) is 5.03. The molecular formula is C34H32BrClN2O6S. The number of carbonyl (C=O) groups excluding carboxylic acids is 1. The highest BCUT2D eigenvalue weighted by Gasteiger charge is 2.33. The van der Waals surface area contributed by atoms with Crippen molar-refractivity contribution in [1.82, 2.24) is 4.57 Å². The Morgan fingerprint density at radius 3 is 2.47 bits per heavy atom. The first-order valence-corrected chi connectivity index (χ1v) is 16.5. The van der Waals surface area contributed by atoms with Gasteiger partial charge in [-0.3, -0.25) is 9.36 Å². The van der Waals surface area contributed by atoms with Crippen molar-refractivity contribution in [3.8, 4) is 17.2 Å². The van der Waals surface area contributed by atoms with Crippen LogP contribution in [0.4, 0.5) is 0 Å². The first kappa shape index (κ1) is 32.5. The van der Waals surface area contributed by atoms with E-state index in [1.54, 1.807) is 24.5 Å². The highest BCUT2D eigenvalue weighted by atomic mass is 79.9. The van der Waals surface area contributed by atoms with Crippen molar-refractivity contribution in [2.75, 3.05) is 19.8 Å². The number of allylic oxidation sites excluding steroid dienone is 1. The maximum atomic E-state index is 14.1. The molecule has 1 aliphatic rings. The average Bonchev–Trinajstić information content (AvgIpc) is 3.30. The molecule has 11 heteroatoms. The van der Waals surface area contributed by atoms with Crippen molar-refractivity contribution >= 4 is 50.9 Å². The minimum absolute atomic E-state index is 0.200. The van der Waals surface area contributed by atoms with E-state index in [1.165, 1.54) is 11.3 Å². The summed E-state index contributed by atoms with van der Waals surface area (Å²) in [6, 6.07) is 17.8. The predicted octanol–water partition coefficient (Wildman–Crippen LogP) is 6.59. The van der Waals surface area contributed by atoms with Crippen molar-refractivity contribution in [1.29, 1.82) is 0 Å². The summed E-state index contributed by atoms with van der Waals surface area (Å²) in [6.45, 7) is 8.76. The van der Waals surface area contributed by atoms with Gasteiger partial charge in [0, 0.05) is 5.02 Å². The molecule has 0 saturated carbocycles. The number of esters is 1. The molecule has 0 N–H and O–H groups in total. The highest BCUT2D eigenvalue weighted by Crippen LogP contribution is 2.38. The maximum absolute atomic E-state index is 14.1. The molecule has 45 heavy (non-hydrogen) atoms. The Kier molecular flexibility index (Phi) is 10.5. The third-order valence-corrected chi connectivity index (χ3v) is 8.73. The first-order chi connectivity index (χ1) is 21.7. The van der Waals surface area contributed by atoms with Crippen LogP contribution < -0.4 is 29.1 Å². The lowest BCUT2D eigenvalue weighted by molar-refractivity contribution is -0.139. The summed E-state index contributed by atoms with van der Waals surface area (Å²) < 4.78 is 25.7. The van der Waals surface area contributed by atoms with Crippen molar-refractivity contribution in [2.24, 2.45) is 4.99 Å². The molecule has 0 saturated heterocycles. The largest absolute Gasteiger partial charge is 0.494 e. The Morgan fingerprint density at radius 2 is 1.78 bits per heavy atom. The summed E-state index contributed by atoms with van der Waals surface area (Å²) in [4.78, 5) is 32.4. The van der Waals surface area contributed by atoms with Crippen molar-refractivity contribution in [3.63, 3.8) is 0 Å². The van der Waals surface area contributed by atoms with E-state index in [1.807, 2.05) is 74.5 Å². The number of carbonyl (C=O) groups is 1. The van der Waals surface area contributed by atoms with Crippen LogP contribution in [0.25, 0.3) is 6.08 Å². The monoisotopic (exact) mass is 710 g/mol. The zero-order valence-electron chi connectivity index (χ0n) is 25.3. The summed E-state index contributed by atoms with van der Waals surface area (Å²) >= 11 is 11.0. The van der Waals surface area contributed by atoms with Gasteiger partial charge < -0.3 is 18.9 Å². The van der Waals surface area contributed by atoms with Gasteiger partial charge in [0.1, 0.15) is 12.4 Å². The van der Waals surface area contributed by atoms with Crippen LogP contribution in [0.15, 0.2) is 86.2 Å². The van der Waals surface area contributed by atoms with Gasteiger partial charge in [0.2, 0.25) is 0 Å². The summed E-state index contributed by atoms with van der Waals surface area (Å²) in [7, 11) is 0. The molecule has 4 aromatic rings. The molecule has 8 nitrogen and oxygen atoms in total. The van der Waals surface area contributed by atoms with E-state index in [4.69, 9.17) is 30.5 Å². The molecule has 0 unspecified atom stereocenters. The maximum Gasteiger partial charge on any atom is 0.338 e. The lowest BCUT2D eigenvalue weighted by atomic mass is 9.96. The van der Waals surface area contributed by atoms with E-state index in [0.29, 0.717) is 67.2 Å². The molecule has 0 bridgehead atoms. The number of aromatic nitrogens is 1. The predicted molar refractivity (Wildman–Crippen MR) is 179 cm³/mol. The molecule has 0 aliphatic carbocycles. The third-order valence-electron chi connectivity index (χ3n) is 6.93. The van der Waals surface area contributed by atoms with E-state index in [0.717, 1.165) is 16.7 Å². The van der Waals surface area contributed by atoms with Gasteiger partial charge in [0.05, 0.1) is 46.1 Å². The van der Waals surface area contributed by atoms with Crippen LogP contribution >= 0.6 is 38.9 Å². The van der Waals surface area contributed by atoms with E-state index in [2.05, 4.69) is 20.9 Å². The molecule has 234 valence electrons. The number of benzene rings is 3. The molecule has 0 amide bonds. The highest BCUT2D eigenvalue weighted by molar-refractivity contribution is 9.10. The Morgan fingerprint density at radius 1 is 1.02 bits per heavy atom. The quantitative estimate of drug-likeness (QED) is 0.163. The average molecular weight is 712 g/mol. The second-order valence-electron chi connectivity index (χ2n) is 9.99. The van der Waals surface area contributed by atoms with Crippen LogP contribution in [-0.2, 0) is 16.1 Å². The number of thiazole rings is 1. The van der Waals surface area contributed by atoms with Crippen LogP contribution in [0.5, 0.6) is 17.2 Å². The molecule has 1 aromatic heterocycles. The second-order valence-corrected chi connectivity index (χ2v) is 12.3. The number of fused-ring (bicyclic) bond motifs is 1. The molecule has 0 radical (unpaired) electrons. The van der Waals surface area contributed by atoms with E-state index >= 15 is 0 Å². The Balaban J connectivity index is 1.58. The van der Waals surface area contributed by atoms with Crippen molar-refractivity contribution in [2.45, 2.75) is 40.3 Å². The van der Waals surface area contributed by atoms with Gasteiger partial charge in [-0.15, -0.1) is 0 Å². The van der Waals surface area contributed by atoms with E-state index in [9.17, 15) is 9.59 Å². The first-order valence-electron chi connectivity index (χ1n) is 14.5. The minimum Gasteiger partial charge on any atom is -0.494 e. The van der Waals surface area contributed by atoms with Gasteiger partial charge >= 0.3 is 5.97 Å². The normalized spacial score (nSPS) is 14.5. The fraction of sp³-hybridized carbons (Fsp3) is 0.265. The van der Waals surface area contributed by atoms with Crippen LogP contribution in [0.2, 0.25) is 5.02 Å². The standard InChI is InChI=1S/C34H32BrClN2O6S/c1-5-41-25-13-11-23(12-14-25)30-29(33(40)43-7-3)20(4)37-34-38(30)32(39)28(45-34)18-22-16-26(35)31(27(17-22)42-6-2)44-19-21-9-8-10-24(36)15-21/h8-18,30H,5-7,19H2,1-4H3/b28-18-/t30-/m1/s1. The van der Waals surface area contributed by atoms with Crippen molar-refractivity contribution < 1.29 is 23.7 Å². The molecule has 0 fully saturated rings. The molecule has 1 aliphatic heterocycles. The SMILES string of the molecule is CCOC(=O)C1=C(C)N=c2s/c(=C\c3cc(Br)c(OCc4cccc(Cl)c4)c(OCC)c3)c(=O)n2[C@@H]1c1ccc(OCC)cc1. The van der Waals surface area contributed by atoms with Crippen LogP contribution in [-0.4, -0.2) is 30.4 Å². The molecule has 0 spiro atoms. The van der Waals surface area contributed by atoms with E-state index in [-0.39, 0.29) is 12.2 Å². The summed E-state index contributed by atoms with van der Waals surface area (Å²) in [5.74, 6) is 1.26. The van der Waals surface area contributed by atoms with Gasteiger partial charge in [-0.25, -0.2) is 9.79 Å². The third kappa shape index (κ3) is 7.19. The molecule has 1 atom stereocenters. The van der Waals surface area contributed by atoms with E-state index < -0.39 is 12.0 Å². The smallest absolute Gasteiger partial charge is 0.338 e.